The number of aliphatic imine (C=N–C) groups is 1. The Hall–Kier alpha value is -1.87. The Morgan fingerprint density at radius 2 is 2.00 bits per heavy atom. The van der Waals surface area contributed by atoms with Gasteiger partial charge in [0, 0.05) is 31.2 Å². The lowest BCUT2D eigenvalue weighted by Crippen LogP contribution is -2.40. The first-order chi connectivity index (χ1) is 13.2. The number of guanidine groups is 1. The van der Waals surface area contributed by atoms with Crippen LogP contribution in [0.4, 0.5) is 0 Å². The molecule has 28 heavy (non-hydrogen) atoms. The summed E-state index contributed by atoms with van der Waals surface area (Å²) in [5.74, 6) is 1.41. The van der Waals surface area contributed by atoms with Crippen molar-refractivity contribution >= 4 is 41.3 Å². The molecule has 0 aliphatic rings. The van der Waals surface area contributed by atoms with Gasteiger partial charge in [-0.05, 0) is 47.9 Å². The second kappa shape index (κ2) is 11.9. The smallest absolute Gasteiger partial charge is 0.190 e. The van der Waals surface area contributed by atoms with Gasteiger partial charge in [0.15, 0.2) is 5.96 Å². The van der Waals surface area contributed by atoms with Crippen LogP contribution >= 0.6 is 35.3 Å². The van der Waals surface area contributed by atoms with Gasteiger partial charge < -0.3 is 10.6 Å². The monoisotopic (exact) mass is 509 g/mol. The second-order valence-electron chi connectivity index (χ2n) is 6.65. The van der Waals surface area contributed by atoms with Crippen molar-refractivity contribution in [1.82, 2.24) is 20.4 Å². The SMILES string of the molecule is CN=C(NCCc1cnn(-c2ccccc2)c1)NCC(C)Cc1cccs1.I. The van der Waals surface area contributed by atoms with Crippen LogP contribution in [0.1, 0.15) is 17.4 Å². The van der Waals surface area contributed by atoms with E-state index in [2.05, 4.69) is 63.5 Å². The average molecular weight is 509 g/mol. The highest BCUT2D eigenvalue weighted by atomic mass is 127. The number of hydrogen-bond donors (Lipinski definition) is 2. The van der Waals surface area contributed by atoms with Gasteiger partial charge >= 0.3 is 0 Å². The zero-order chi connectivity index (χ0) is 18.9. The summed E-state index contributed by atoms with van der Waals surface area (Å²) in [6.45, 7) is 3.99. The molecule has 0 amide bonds. The maximum atomic E-state index is 4.44. The molecule has 1 unspecified atom stereocenters. The minimum atomic E-state index is 0. The molecule has 1 atom stereocenters. The molecule has 0 saturated carbocycles. The summed E-state index contributed by atoms with van der Waals surface area (Å²) in [4.78, 5) is 5.75. The van der Waals surface area contributed by atoms with Crippen molar-refractivity contribution in [2.75, 3.05) is 20.1 Å². The van der Waals surface area contributed by atoms with Crippen LogP contribution in [0.3, 0.4) is 0 Å². The molecule has 0 aliphatic heterocycles. The maximum absolute atomic E-state index is 4.44. The van der Waals surface area contributed by atoms with E-state index in [1.807, 2.05) is 47.5 Å². The van der Waals surface area contributed by atoms with Crippen LogP contribution in [-0.2, 0) is 12.8 Å². The Morgan fingerprint density at radius 1 is 1.18 bits per heavy atom. The Labute approximate surface area is 188 Å². The van der Waals surface area contributed by atoms with E-state index in [9.17, 15) is 0 Å². The largest absolute Gasteiger partial charge is 0.356 e. The van der Waals surface area contributed by atoms with Crippen molar-refractivity contribution in [1.29, 1.82) is 0 Å². The number of para-hydroxylation sites is 1. The zero-order valence-electron chi connectivity index (χ0n) is 16.3. The van der Waals surface area contributed by atoms with Crippen molar-refractivity contribution in [3.8, 4) is 5.69 Å². The minimum Gasteiger partial charge on any atom is -0.356 e. The van der Waals surface area contributed by atoms with Gasteiger partial charge in [0.2, 0.25) is 0 Å². The molecule has 7 heteroatoms. The van der Waals surface area contributed by atoms with Crippen molar-refractivity contribution in [2.45, 2.75) is 19.8 Å². The van der Waals surface area contributed by atoms with E-state index in [0.29, 0.717) is 5.92 Å². The third-order valence-electron chi connectivity index (χ3n) is 4.33. The van der Waals surface area contributed by atoms with E-state index in [1.165, 1.54) is 10.4 Å². The fraction of sp³-hybridized carbons (Fsp3) is 0.333. The summed E-state index contributed by atoms with van der Waals surface area (Å²) in [6.07, 6.45) is 6.00. The number of halogens is 1. The molecule has 0 bridgehead atoms. The highest BCUT2D eigenvalue weighted by Crippen LogP contribution is 2.13. The van der Waals surface area contributed by atoms with Gasteiger partial charge in [0.05, 0.1) is 11.9 Å². The van der Waals surface area contributed by atoms with E-state index in [1.54, 1.807) is 0 Å². The molecule has 0 radical (unpaired) electrons. The number of thiophene rings is 1. The number of hydrogen-bond acceptors (Lipinski definition) is 3. The summed E-state index contributed by atoms with van der Waals surface area (Å²) in [7, 11) is 1.81. The zero-order valence-corrected chi connectivity index (χ0v) is 19.5. The first-order valence-corrected chi connectivity index (χ1v) is 10.2. The Morgan fingerprint density at radius 3 is 2.71 bits per heavy atom. The van der Waals surface area contributed by atoms with Gasteiger partial charge in [-0.2, -0.15) is 5.10 Å². The molecular formula is C21H28IN5S. The molecule has 3 rings (SSSR count). The van der Waals surface area contributed by atoms with E-state index in [0.717, 1.165) is 37.6 Å². The summed E-state index contributed by atoms with van der Waals surface area (Å²) in [5, 5.41) is 13.4. The third-order valence-corrected chi connectivity index (χ3v) is 5.23. The maximum Gasteiger partial charge on any atom is 0.190 e. The predicted molar refractivity (Wildman–Crippen MR) is 129 cm³/mol. The Kier molecular flexibility index (Phi) is 9.49. The molecule has 2 aromatic heterocycles. The Balaban J connectivity index is 0.00000280. The van der Waals surface area contributed by atoms with E-state index in [4.69, 9.17) is 0 Å². The Bertz CT molecular complexity index is 830. The van der Waals surface area contributed by atoms with E-state index < -0.39 is 0 Å². The lowest BCUT2D eigenvalue weighted by molar-refractivity contribution is 0.562. The summed E-state index contributed by atoms with van der Waals surface area (Å²) < 4.78 is 1.91. The minimum absolute atomic E-state index is 0. The quantitative estimate of drug-likeness (QED) is 0.273. The third kappa shape index (κ3) is 6.94. The molecule has 2 heterocycles. The molecule has 5 nitrogen and oxygen atoms in total. The second-order valence-corrected chi connectivity index (χ2v) is 7.68. The van der Waals surface area contributed by atoms with E-state index in [-0.39, 0.29) is 24.0 Å². The van der Waals surface area contributed by atoms with Crippen molar-refractivity contribution in [3.05, 3.63) is 70.7 Å². The van der Waals surface area contributed by atoms with Crippen LogP contribution in [0.15, 0.2) is 65.2 Å². The van der Waals surface area contributed by atoms with Crippen LogP contribution in [0.25, 0.3) is 5.69 Å². The summed E-state index contributed by atoms with van der Waals surface area (Å²) in [6, 6.07) is 14.5. The van der Waals surface area contributed by atoms with Crippen LogP contribution in [0.2, 0.25) is 0 Å². The van der Waals surface area contributed by atoms with Gasteiger partial charge in [-0.1, -0.05) is 31.2 Å². The topological polar surface area (TPSA) is 54.2 Å². The van der Waals surface area contributed by atoms with Crippen LogP contribution in [0.5, 0.6) is 0 Å². The summed E-state index contributed by atoms with van der Waals surface area (Å²) in [5.41, 5.74) is 2.28. The van der Waals surface area contributed by atoms with Crippen molar-refractivity contribution < 1.29 is 0 Å². The number of nitrogens with one attached hydrogen (secondary N) is 2. The van der Waals surface area contributed by atoms with Crippen molar-refractivity contribution in [3.63, 3.8) is 0 Å². The van der Waals surface area contributed by atoms with Crippen LogP contribution < -0.4 is 10.6 Å². The molecule has 0 spiro atoms. The molecule has 0 aliphatic carbocycles. The fourth-order valence-electron chi connectivity index (χ4n) is 2.87. The number of rotatable bonds is 8. The highest BCUT2D eigenvalue weighted by molar-refractivity contribution is 14.0. The molecular weight excluding hydrogens is 481 g/mol. The van der Waals surface area contributed by atoms with Gasteiger partial charge in [0.1, 0.15) is 0 Å². The molecule has 3 aromatic rings. The van der Waals surface area contributed by atoms with Crippen molar-refractivity contribution in [2.24, 2.45) is 10.9 Å². The van der Waals surface area contributed by atoms with Gasteiger partial charge in [-0.25, -0.2) is 4.68 Å². The molecule has 150 valence electrons. The lowest BCUT2D eigenvalue weighted by Gasteiger charge is -2.15. The summed E-state index contributed by atoms with van der Waals surface area (Å²) >= 11 is 1.82. The normalized spacial score (nSPS) is 12.3. The predicted octanol–water partition coefficient (Wildman–Crippen LogP) is 4.14. The molecule has 0 fully saturated rings. The lowest BCUT2D eigenvalue weighted by atomic mass is 10.1. The number of aromatic nitrogens is 2. The van der Waals surface area contributed by atoms with Gasteiger partial charge in [-0.3, -0.25) is 4.99 Å². The fourth-order valence-corrected chi connectivity index (χ4v) is 3.74. The highest BCUT2D eigenvalue weighted by Gasteiger charge is 2.06. The molecule has 0 saturated heterocycles. The standard InChI is InChI=1S/C21H27N5S.HI/c1-17(13-20-9-6-12-27-20)14-24-21(22-2)23-11-10-18-15-25-26(16-18)19-7-4-3-5-8-19;/h3-9,12,15-17H,10-11,13-14H2,1-2H3,(H2,22,23,24);1H. The average Bonchev–Trinajstić information content (AvgIpc) is 3.37. The first-order valence-electron chi connectivity index (χ1n) is 9.30. The number of nitrogens with zero attached hydrogens (tertiary/aromatic N) is 3. The van der Waals surface area contributed by atoms with Gasteiger partial charge in [-0.15, -0.1) is 35.3 Å². The molecule has 1 aromatic carbocycles. The van der Waals surface area contributed by atoms with E-state index >= 15 is 0 Å². The van der Waals surface area contributed by atoms with Crippen LogP contribution in [-0.4, -0.2) is 35.9 Å². The first kappa shape index (κ1) is 22.4. The molecule has 2 N–H and O–H groups in total. The van der Waals surface area contributed by atoms with Crippen LogP contribution in [0, 0.1) is 5.92 Å². The van der Waals surface area contributed by atoms with Gasteiger partial charge in [0.25, 0.3) is 0 Å². The number of benzene rings is 1.